The van der Waals surface area contributed by atoms with E-state index in [9.17, 15) is 0 Å². The van der Waals surface area contributed by atoms with Crippen LogP contribution in [0.5, 0.6) is 0 Å². The van der Waals surface area contributed by atoms with Crippen molar-refractivity contribution in [3.8, 4) is 0 Å². The molecule has 18 heavy (non-hydrogen) atoms. The van der Waals surface area contributed by atoms with Crippen LogP contribution in [0.25, 0.3) is 0 Å². The summed E-state index contributed by atoms with van der Waals surface area (Å²) in [5.41, 5.74) is 0. The van der Waals surface area contributed by atoms with Crippen molar-refractivity contribution in [1.82, 2.24) is 10.2 Å². The highest BCUT2D eigenvalue weighted by molar-refractivity contribution is 4.98. The van der Waals surface area contributed by atoms with E-state index in [1.807, 2.05) is 12.1 Å². The molecule has 1 aromatic rings. The van der Waals surface area contributed by atoms with Crippen LogP contribution in [0.15, 0.2) is 22.8 Å². The van der Waals surface area contributed by atoms with Crippen LogP contribution in [-0.2, 0) is 6.42 Å². The van der Waals surface area contributed by atoms with E-state index in [0.29, 0.717) is 6.04 Å². The van der Waals surface area contributed by atoms with E-state index in [2.05, 4.69) is 24.1 Å². The highest BCUT2D eigenvalue weighted by atomic mass is 16.3. The monoisotopic (exact) mass is 250 g/mol. The molecule has 2 heterocycles. The molecular weight excluding hydrogens is 224 g/mol. The first-order chi connectivity index (χ1) is 8.79. The molecule has 1 atom stereocenters. The number of furan rings is 1. The number of hydrogen-bond acceptors (Lipinski definition) is 3. The lowest BCUT2D eigenvalue weighted by molar-refractivity contribution is 0.169. The van der Waals surface area contributed by atoms with Gasteiger partial charge in [0.15, 0.2) is 0 Å². The minimum Gasteiger partial charge on any atom is -0.469 e. The van der Waals surface area contributed by atoms with Gasteiger partial charge < -0.3 is 14.6 Å². The van der Waals surface area contributed by atoms with Crippen molar-refractivity contribution in [1.29, 1.82) is 0 Å². The molecule has 1 N–H and O–H groups in total. The van der Waals surface area contributed by atoms with E-state index in [4.69, 9.17) is 4.42 Å². The molecule has 1 fully saturated rings. The Bertz CT molecular complexity index is 315. The number of hydrogen-bond donors (Lipinski definition) is 1. The molecule has 2 rings (SSSR count). The van der Waals surface area contributed by atoms with Gasteiger partial charge in [-0.3, -0.25) is 0 Å². The summed E-state index contributed by atoms with van der Waals surface area (Å²) in [5, 5.41) is 3.64. The van der Waals surface area contributed by atoms with Gasteiger partial charge in [-0.2, -0.15) is 0 Å². The molecule has 0 spiro atoms. The van der Waals surface area contributed by atoms with E-state index < -0.39 is 0 Å². The van der Waals surface area contributed by atoms with Crippen molar-refractivity contribution < 1.29 is 4.42 Å². The molecule has 1 aromatic heterocycles. The summed E-state index contributed by atoms with van der Waals surface area (Å²) in [6.07, 6.45) is 5.41. The molecule has 1 aliphatic rings. The van der Waals surface area contributed by atoms with E-state index in [1.54, 1.807) is 6.26 Å². The van der Waals surface area contributed by atoms with Crippen molar-refractivity contribution in [2.45, 2.75) is 39.2 Å². The first kappa shape index (κ1) is 13.6. The number of likely N-dealkylation sites (tertiary alicyclic amines) is 1. The zero-order chi connectivity index (χ0) is 12.8. The minimum absolute atomic E-state index is 0.624. The zero-order valence-corrected chi connectivity index (χ0v) is 11.7. The third-order valence-electron chi connectivity index (χ3n) is 4.20. The van der Waals surface area contributed by atoms with E-state index >= 15 is 0 Å². The van der Waals surface area contributed by atoms with Crippen LogP contribution in [0.1, 0.15) is 32.4 Å². The standard InChI is InChI=1S/C15H26N2O/c1-3-17-10-7-14(8-11-17)13(2)16-9-6-15-5-4-12-18-15/h4-5,12-14,16H,3,6-11H2,1-2H3. The minimum atomic E-state index is 0.624. The third kappa shape index (κ3) is 3.85. The number of rotatable bonds is 6. The molecule has 3 nitrogen and oxygen atoms in total. The molecule has 0 aromatic carbocycles. The molecule has 0 radical (unpaired) electrons. The summed E-state index contributed by atoms with van der Waals surface area (Å²) in [5.74, 6) is 1.92. The van der Waals surface area contributed by atoms with Gasteiger partial charge in [0.25, 0.3) is 0 Å². The van der Waals surface area contributed by atoms with Gasteiger partial charge in [-0.05, 0) is 57.5 Å². The van der Waals surface area contributed by atoms with Crippen molar-refractivity contribution in [3.05, 3.63) is 24.2 Å². The van der Waals surface area contributed by atoms with Crippen molar-refractivity contribution >= 4 is 0 Å². The molecule has 102 valence electrons. The Hall–Kier alpha value is -0.800. The van der Waals surface area contributed by atoms with Gasteiger partial charge in [-0.15, -0.1) is 0 Å². The predicted molar refractivity (Wildman–Crippen MR) is 74.7 cm³/mol. The lowest BCUT2D eigenvalue weighted by Gasteiger charge is -2.34. The Morgan fingerprint density at radius 2 is 2.22 bits per heavy atom. The Kier molecular flexibility index (Phi) is 5.26. The molecule has 1 unspecified atom stereocenters. The third-order valence-corrected chi connectivity index (χ3v) is 4.20. The summed E-state index contributed by atoms with van der Waals surface area (Å²) in [7, 11) is 0. The van der Waals surface area contributed by atoms with Crippen LogP contribution >= 0.6 is 0 Å². The maximum Gasteiger partial charge on any atom is 0.105 e. The van der Waals surface area contributed by atoms with E-state index in [0.717, 1.165) is 24.6 Å². The van der Waals surface area contributed by atoms with Crippen molar-refractivity contribution in [2.75, 3.05) is 26.2 Å². The second-order valence-electron chi connectivity index (χ2n) is 5.34. The summed E-state index contributed by atoms with van der Waals surface area (Å²) in [6.45, 7) is 9.34. The fourth-order valence-electron chi connectivity index (χ4n) is 2.81. The SMILES string of the molecule is CCN1CCC(C(C)NCCc2ccco2)CC1. The fraction of sp³-hybridized carbons (Fsp3) is 0.733. The lowest BCUT2D eigenvalue weighted by atomic mass is 9.90. The van der Waals surface area contributed by atoms with Gasteiger partial charge in [0.05, 0.1) is 6.26 Å². The topological polar surface area (TPSA) is 28.4 Å². The van der Waals surface area contributed by atoms with Gasteiger partial charge >= 0.3 is 0 Å². The number of nitrogens with zero attached hydrogens (tertiary/aromatic N) is 1. The molecule has 0 saturated carbocycles. The van der Waals surface area contributed by atoms with Gasteiger partial charge in [0.2, 0.25) is 0 Å². The summed E-state index contributed by atoms with van der Waals surface area (Å²) >= 11 is 0. The quantitative estimate of drug-likeness (QED) is 0.841. The molecule has 0 amide bonds. The summed E-state index contributed by atoms with van der Waals surface area (Å²) < 4.78 is 5.34. The van der Waals surface area contributed by atoms with Crippen molar-refractivity contribution in [2.24, 2.45) is 5.92 Å². The Morgan fingerprint density at radius 3 is 2.83 bits per heavy atom. The highest BCUT2D eigenvalue weighted by Crippen LogP contribution is 2.20. The van der Waals surface area contributed by atoms with Gasteiger partial charge in [0, 0.05) is 19.0 Å². The smallest absolute Gasteiger partial charge is 0.105 e. The Morgan fingerprint density at radius 1 is 1.44 bits per heavy atom. The highest BCUT2D eigenvalue weighted by Gasteiger charge is 2.22. The maximum absolute atomic E-state index is 5.34. The first-order valence-electron chi connectivity index (χ1n) is 7.27. The average molecular weight is 250 g/mol. The lowest BCUT2D eigenvalue weighted by Crippen LogP contribution is -2.42. The van der Waals surface area contributed by atoms with Crippen LogP contribution in [0.2, 0.25) is 0 Å². The van der Waals surface area contributed by atoms with Crippen LogP contribution in [0, 0.1) is 5.92 Å². The van der Waals surface area contributed by atoms with Gasteiger partial charge in [-0.25, -0.2) is 0 Å². The van der Waals surface area contributed by atoms with E-state index in [1.165, 1.54) is 32.5 Å². The molecule has 0 bridgehead atoms. The molecule has 0 aliphatic carbocycles. The molecular formula is C15H26N2O. The first-order valence-corrected chi connectivity index (χ1v) is 7.27. The summed E-state index contributed by atoms with van der Waals surface area (Å²) in [6, 6.07) is 4.63. The van der Waals surface area contributed by atoms with Crippen LogP contribution < -0.4 is 5.32 Å². The number of piperidine rings is 1. The van der Waals surface area contributed by atoms with Crippen molar-refractivity contribution in [3.63, 3.8) is 0 Å². The predicted octanol–water partition coefficient (Wildman–Crippen LogP) is 2.53. The second kappa shape index (κ2) is 6.95. The molecule has 1 aliphatic heterocycles. The van der Waals surface area contributed by atoms with Crippen LogP contribution in [0.4, 0.5) is 0 Å². The zero-order valence-electron chi connectivity index (χ0n) is 11.7. The fourth-order valence-corrected chi connectivity index (χ4v) is 2.81. The van der Waals surface area contributed by atoms with Gasteiger partial charge in [-0.1, -0.05) is 6.92 Å². The normalized spacial score (nSPS) is 20.1. The Balaban J connectivity index is 1.64. The summed E-state index contributed by atoms with van der Waals surface area (Å²) in [4.78, 5) is 2.55. The second-order valence-corrected chi connectivity index (χ2v) is 5.34. The van der Waals surface area contributed by atoms with Gasteiger partial charge in [0.1, 0.15) is 5.76 Å². The van der Waals surface area contributed by atoms with E-state index in [-0.39, 0.29) is 0 Å². The largest absolute Gasteiger partial charge is 0.469 e. The van der Waals surface area contributed by atoms with Crippen LogP contribution in [-0.4, -0.2) is 37.1 Å². The molecule has 3 heteroatoms. The number of nitrogens with one attached hydrogen (secondary N) is 1. The maximum atomic E-state index is 5.34. The van der Waals surface area contributed by atoms with Crippen LogP contribution in [0.3, 0.4) is 0 Å². The Labute approximate surface area is 111 Å². The average Bonchev–Trinajstić information content (AvgIpc) is 2.92. The molecule has 1 saturated heterocycles.